The van der Waals surface area contributed by atoms with Crippen molar-refractivity contribution in [2.24, 2.45) is 11.3 Å². The molecule has 88 valence electrons. The molecule has 1 aliphatic heterocycles. The average molecular weight is 209 g/mol. The first-order valence-electron chi connectivity index (χ1n) is 7.00. The van der Waals surface area contributed by atoms with Crippen LogP contribution in [-0.2, 0) is 0 Å². The van der Waals surface area contributed by atoms with E-state index in [-0.39, 0.29) is 0 Å². The Kier molecular flexibility index (Phi) is 3.71. The van der Waals surface area contributed by atoms with Crippen LogP contribution < -0.4 is 0 Å². The van der Waals surface area contributed by atoms with Crippen molar-refractivity contribution in [1.29, 1.82) is 0 Å². The molecule has 0 atom stereocenters. The van der Waals surface area contributed by atoms with E-state index in [4.69, 9.17) is 0 Å². The van der Waals surface area contributed by atoms with Gasteiger partial charge in [0.05, 0.1) is 0 Å². The van der Waals surface area contributed by atoms with Crippen molar-refractivity contribution < 1.29 is 0 Å². The summed E-state index contributed by atoms with van der Waals surface area (Å²) in [6, 6.07) is 0. The molecule has 1 spiro atoms. The van der Waals surface area contributed by atoms with Crippen LogP contribution in [0.15, 0.2) is 0 Å². The Morgan fingerprint density at radius 2 is 1.80 bits per heavy atom. The molecule has 1 aliphatic carbocycles. The van der Waals surface area contributed by atoms with Crippen molar-refractivity contribution in [3.63, 3.8) is 0 Å². The second-order valence-electron chi connectivity index (χ2n) is 5.88. The van der Waals surface area contributed by atoms with Gasteiger partial charge in [-0.25, -0.2) is 0 Å². The molecule has 1 heteroatoms. The Morgan fingerprint density at radius 1 is 1.13 bits per heavy atom. The molecule has 2 aliphatic rings. The van der Waals surface area contributed by atoms with Crippen LogP contribution in [0.3, 0.4) is 0 Å². The van der Waals surface area contributed by atoms with Gasteiger partial charge in [-0.3, -0.25) is 0 Å². The summed E-state index contributed by atoms with van der Waals surface area (Å²) in [6.45, 7) is 8.77. The molecule has 1 saturated heterocycles. The van der Waals surface area contributed by atoms with Crippen molar-refractivity contribution in [2.45, 2.75) is 58.8 Å². The molecule has 0 aromatic heterocycles. The fraction of sp³-hybridized carbons (Fsp3) is 1.00. The lowest BCUT2D eigenvalue weighted by molar-refractivity contribution is -0.0144. The molecule has 0 aromatic carbocycles. The number of likely N-dealkylation sites (tertiary alicyclic amines) is 1. The number of piperidine rings is 1. The molecule has 1 nitrogen and oxygen atoms in total. The molecule has 2 rings (SSSR count). The summed E-state index contributed by atoms with van der Waals surface area (Å²) < 4.78 is 0. The van der Waals surface area contributed by atoms with Gasteiger partial charge in [0.1, 0.15) is 0 Å². The molecule has 0 bridgehead atoms. The zero-order chi connectivity index (χ0) is 10.7. The monoisotopic (exact) mass is 209 g/mol. The van der Waals surface area contributed by atoms with Crippen molar-refractivity contribution in [2.75, 3.05) is 19.6 Å². The summed E-state index contributed by atoms with van der Waals surface area (Å²) in [4.78, 5) is 2.69. The van der Waals surface area contributed by atoms with Gasteiger partial charge >= 0.3 is 0 Å². The second-order valence-corrected chi connectivity index (χ2v) is 5.88. The maximum absolute atomic E-state index is 2.69. The van der Waals surface area contributed by atoms with Crippen molar-refractivity contribution in [1.82, 2.24) is 4.90 Å². The molecular weight excluding hydrogens is 182 g/mol. The summed E-state index contributed by atoms with van der Waals surface area (Å²) >= 11 is 0. The van der Waals surface area contributed by atoms with E-state index in [2.05, 4.69) is 18.7 Å². The number of hydrogen-bond donors (Lipinski definition) is 0. The Hall–Kier alpha value is -0.0400. The minimum absolute atomic E-state index is 0.809. The summed E-state index contributed by atoms with van der Waals surface area (Å²) in [7, 11) is 0. The minimum atomic E-state index is 0.809. The van der Waals surface area contributed by atoms with E-state index in [1.165, 1.54) is 51.7 Å². The molecular formula is C14H27N. The van der Waals surface area contributed by atoms with Crippen molar-refractivity contribution >= 4 is 0 Å². The minimum Gasteiger partial charge on any atom is -0.303 e. The third-order valence-corrected chi connectivity index (χ3v) is 4.77. The molecule has 0 radical (unpaired) electrons. The number of nitrogens with zero attached hydrogens (tertiary/aromatic N) is 1. The highest BCUT2D eigenvalue weighted by atomic mass is 15.1. The van der Waals surface area contributed by atoms with Gasteiger partial charge in [0.15, 0.2) is 0 Å². The molecule has 0 amide bonds. The van der Waals surface area contributed by atoms with Crippen LogP contribution in [0.2, 0.25) is 0 Å². The molecule has 2 fully saturated rings. The first-order chi connectivity index (χ1) is 7.28. The van der Waals surface area contributed by atoms with Gasteiger partial charge in [0.2, 0.25) is 0 Å². The summed E-state index contributed by atoms with van der Waals surface area (Å²) in [5, 5.41) is 0. The predicted octanol–water partition coefficient (Wildman–Crippen LogP) is 3.69. The Morgan fingerprint density at radius 3 is 2.33 bits per heavy atom. The van der Waals surface area contributed by atoms with Crippen molar-refractivity contribution in [3.8, 4) is 0 Å². The lowest BCUT2D eigenvalue weighted by Gasteiger charge is -2.52. The Labute approximate surface area is 95.2 Å². The number of unbranched alkanes of at least 4 members (excludes halogenated alkanes) is 1. The van der Waals surface area contributed by atoms with Gasteiger partial charge in [-0.15, -0.1) is 0 Å². The van der Waals surface area contributed by atoms with E-state index >= 15 is 0 Å². The van der Waals surface area contributed by atoms with Crippen LogP contribution in [0, 0.1) is 11.3 Å². The molecule has 1 saturated carbocycles. The highest BCUT2D eigenvalue weighted by Gasteiger charge is 2.44. The van der Waals surface area contributed by atoms with Gasteiger partial charge in [0, 0.05) is 0 Å². The zero-order valence-corrected chi connectivity index (χ0v) is 10.6. The largest absolute Gasteiger partial charge is 0.303 e. The predicted molar refractivity (Wildman–Crippen MR) is 66.0 cm³/mol. The fourth-order valence-electron chi connectivity index (χ4n) is 3.49. The summed E-state index contributed by atoms with van der Waals surface area (Å²) in [5.74, 6) is 1.08. The molecule has 0 unspecified atom stereocenters. The normalized spacial score (nSPS) is 26.8. The maximum Gasteiger partial charge on any atom is -0.00134 e. The number of hydrogen-bond acceptors (Lipinski definition) is 1. The molecule has 15 heavy (non-hydrogen) atoms. The summed E-state index contributed by atoms with van der Waals surface area (Å²) in [6.07, 6.45) is 10.2. The quantitative estimate of drug-likeness (QED) is 0.682. The molecule has 0 aromatic rings. The van der Waals surface area contributed by atoms with E-state index in [9.17, 15) is 0 Å². The molecule has 1 heterocycles. The zero-order valence-electron chi connectivity index (χ0n) is 10.6. The van der Waals surface area contributed by atoms with Gasteiger partial charge in [-0.05, 0) is 63.1 Å². The summed E-state index contributed by atoms with van der Waals surface area (Å²) in [5.41, 5.74) is 0.809. The van der Waals surface area contributed by atoms with E-state index in [1.807, 2.05) is 0 Å². The fourth-order valence-corrected chi connectivity index (χ4v) is 3.49. The topological polar surface area (TPSA) is 3.24 Å². The van der Waals surface area contributed by atoms with Crippen LogP contribution in [0.1, 0.15) is 58.8 Å². The highest BCUT2D eigenvalue weighted by Crippen LogP contribution is 2.53. The van der Waals surface area contributed by atoms with Crippen LogP contribution in [0.5, 0.6) is 0 Å². The SMILES string of the molecule is CCCCN1CCC2(CC1)CC(CC)C2. The van der Waals surface area contributed by atoms with E-state index in [0.29, 0.717) is 0 Å². The number of rotatable bonds is 4. The van der Waals surface area contributed by atoms with E-state index in [1.54, 1.807) is 12.8 Å². The first-order valence-corrected chi connectivity index (χ1v) is 7.00. The maximum atomic E-state index is 2.69. The third-order valence-electron chi connectivity index (χ3n) is 4.77. The van der Waals surface area contributed by atoms with Crippen LogP contribution in [0.4, 0.5) is 0 Å². The highest BCUT2D eigenvalue weighted by molar-refractivity contribution is 4.96. The van der Waals surface area contributed by atoms with Crippen LogP contribution >= 0.6 is 0 Å². The third kappa shape index (κ3) is 2.55. The lowest BCUT2D eigenvalue weighted by Crippen LogP contribution is -2.47. The Balaban J connectivity index is 1.69. The van der Waals surface area contributed by atoms with Gasteiger partial charge in [0.25, 0.3) is 0 Å². The average Bonchev–Trinajstić information content (AvgIpc) is 2.24. The first kappa shape index (κ1) is 11.4. The smallest absolute Gasteiger partial charge is 0.00134 e. The second kappa shape index (κ2) is 4.86. The Bertz CT molecular complexity index is 184. The lowest BCUT2D eigenvalue weighted by atomic mass is 9.57. The van der Waals surface area contributed by atoms with Gasteiger partial charge in [-0.2, -0.15) is 0 Å². The van der Waals surface area contributed by atoms with E-state index in [0.717, 1.165) is 11.3 Å². The van der Waals surface area contributed by atoms with Gasteiger partial charge in [-0.1, -0.05) is 26.7 Å². The van der Waals surface area contributed by atoms with Crippen LogP contribution in [0.25, 0.3) is 0 Å². The molecule has 0 N–H and O–H groups in total. The van der Waals surface area contributed by atoms with Crippen LogP contribution in [-0.4, -0.2) is 24.5 Å². The van der Waals surface area contributed by atoms with Gasteiger partial charge < -0.3 is 4.90 Å². The standard InChI is InChI=1S/C14H27N/c1-3-5-8-15-9-6-14(7-10-15)11-13(4-2)12-14/h13H,3-12H2,1-2H3. The van der Waals surface area contributed by atoms with E-state index < -0.39 is 0 Å². The van der Waals surface area contributed by atoms with Crippen molar-refractivity contribution in [3.05, 3.63) is 0 Å².